The van der Waals surface area contributed by atoms with Crippen molar-refractivity contribution < 1.29 is 27.3 Å². The molecule has 1 N–H and O–H groups in total. The highest BCUT2D eigenvalue weighted by molar-refractivity contribution is 7.88. The van der Waals surface area contributed by atoms with Crippen molar-refractivity contribution >= 4 is 21.9 Å². The molecule has 0 radical (unpaired) electrons. The molecule has 20 heavy (non-hydrogen) atoms. The number of esters is 1. The van der Waals surface area contributed by atoms with Crippen LogP contribution in [0.4, 0.5) is 0 Å². The van der Waals surface area contributed by atoms with Crippen molar-refractivity contribution in [1.82, 2.24) is 0 Å². The van der Waals surface area contributed by atoms with Gasteiger partial charge in [-0.25, -0.2) is 0 Å². The molecule has 0 spiro atoms. The summed E-state index contributed by atoms with van der Waals surface area (Å²) in [5.41, 5.74) is -1.06. The van der Waals surface area contributed by atoms with Gasteiger partial charge in [0.25, 0.3) is 10.1 Å². The van der Waals surface area contributed by atoms with Crippen LogP contribution in [0.1, 0.15) is 52.9 Å². The van der Waals surface area contributed by atoms with Crippen LogP contribution in [0.2, 0.25) is 0 Å². The maximum Gasteiger partial charge on any atom is 0.334 e. The Labute approximate surface area is 119 Å². The molecule has 0 aromatic carbocycles. The van der Waals surface area contributed by atoms with Crippen molar-refractivity contribution in [2.24, 2.45) is 5.41 Å². The highest BCUT2D eigenvalue weighted by Crippen LogP contribution is 2.24. The van der Waals surface area contributed by atoms with Crippen LogP contribution < -0.4 is 0 Å². The Bertz CT molecular complexity index is 468. The largest absolute Gasteiger partial charge is 0.461 e. The number of carbonyl (C=O) groups excluding carboxylic acids is 2. The number of Topliss-reactive ketones (excluding diaryl/α,β-unsaturated/α-hetero) is 1. The van der Waals surface area contributed by atoms with Crippen molar-refractivity contribution in [2.45, 2.75) is 64.2 Å². The Morgan fingerprint density at radius 3 is 2.05 bits per heavy atom. The number of rotatable bonds is 4. The summed E-state index contributed by atoms with van der Waals surface area (Å²) >= 11 is 0. The highest BCUT2D eigenvalue weighted by Gasteiger charge is 2.45. The maximum absolute atomic E-state index is 12.1. The molecule has 0 heterocycles. The second-order valence-electron chi connectivity index (χ2n) is 6.21. The van der Waals surface area contributed by atoms with E-state index in [0.29, 0.717) is 12.8 Å². The second-order valence-corrected chi connectivity index (χ2v) is 7.71. The fourth-order valence-corrected chi connectivity index (χ4v) is 3.09. The van der Waals surface area contributed by atoms with Gasteiger partial charge in [0.05, 0.1) is 0 Å². The van der Waals surface area contributed by atoms with Crippen LogP contribution in [0, 0.1) is 5.41 Å². The fraction of sp³-hybridized carbons (Fsp3) is 0.846. The molecule has 116 valence electrons. The number of hydrogen-bond donors (Lipinski definition) is 1. The van der Waals surface area contributed by atoms with Crippen LogP contribution in [0.5, 0.6) is 0 Å². The standard InChI is InChI=1S/C13H22O6S/c1-13(2,3)11(14)10(20(16,17)18)12(15)19-9-7-5-4-6-8-9/h9-10H,4-8H2,1-3H3,(H,16,17,18). The van der Waals surface area contributed by atoms with E-state index in [0.717, 1.165) is 19.3 Å². The number of ketones is 1. The molecule has 1 rings (SSSR count). The molecule has 6 nitrogen and oxygen atoms in total. The summed E-state index contributed by atoms with van der Waals surface area (Å²) in [5, 5.41) is -2.15. The normalized spacial score (nSPS) is 19.4. The third kappa shape index (κ3) is 4.56. The lowest BCUT2D eigenvalue weighted by Gasteiger charge is -2.25. The predicted molar refractivity (Wildman–Crippen MR) is 72.8 cm³/mol. The van der Waals surface area contributed by atoms with Crippen LogP contribution in [0.3, 0.4) is 0 Å². The highest BCUT2D eigenvalue weighted by atomic mass is 32.2. The molecule has 0 saturated heterocycles. The molecule has 1 atom stereocenters. The van der Waals surface area contributed by atoms with E-state index in [1.807, 2.05) is 0 Å². The third-order valence-corrected chi connectivity index (χ3v) is 4.33. The summed E-state index contributed by atoms with van der Waals surface area (Å²) in [7, 11) is -4.82. The molecule has 1 fully saturated rings. The molecule has 0 aromatic heterocycles. The topological polar surface area (TPSA) is 97.7 Å². The Kier molecular flexibility index (Phi) is 5.32. The van der Waals surface area contributed by atoms with Gasteiger partial charge in [0.15, 0.2) is 5.78 Å². The van der Waals surface area contributed by atoms with E-state index in [1.54, 1.807) is 0 Å². The van der Waals surface area contributed by atoms with Gasteiger partial charge in [-0.2, -0.15) is 8.42 Å². The zero-order chi connectivity index (χ0) is 15.6. The lowest BCUT2D eigenvalue weighted by Crippen LogP contribution is -2.45. The minimum Gasteiger partial charge on any atom is -0.461 e. The minimum absolute atomic E-state index is 0.367. The van der Waals surface area contributed by atoms with E-state index < -0.39 is 32.5 Å². The summed E-state index contributed by atoms with van der Waals surface area (Å²) < 4.78 is 36.9. The fourth-order valence-electron chi connectivity index (χ4n) is 2.17. The average Bonchev–Trinajstić information content (AvgIpc) is 2.27. The summed E-state index contributed by atoms with van der Waals surface area (Å²) in [5.74, 6) is -2.03. The van der Waals surface area contributed by atoms with Gasteiger partial charge in [0.1, 0.15) is 6.10 Å². The van der Waals surface area contributed by atoms with Gasteiger partial charge >= 0.3 is 5.97 Å². The lowest BCUT2D eigenvalue weighted by atomic mass is 9.88. The number of ether oxygens (including phenoxy) is 1. The number of hydrogen-bond acceptors (Lipinski definition) is 5. The van der Waals surface area contributed by atoms with Crippen LogP contribution in [0.25, 0.3) is 0 Å². The van der Waals surface area contributed by atoms with Crippen LogP contribution in [0.15, 0.2) is 0 Å². The second kappa shape index (κ2) is 6.22. The average molecular weight is 306 g/mol. The van der Waals surface area contributed by atoms with Crippen LogP contribution in [-0.4, -0.2) is 36.1 Å². The summed E-state index contributed by atoms with van der Waals surface area (Å²) in [6.07, 6.45) is 3.81. The van der Waals surface area contributed by atoms with Gasteiger partial charge in [-0.05, 0) is 25.7 Å². The lowest BCUT2D eigenvalue weighted by molar-refractivity contribution is -0.153. The summed E-state index contributed by atoms with van der Waals surface area (Å²) in [6.45, 7) is 4.46. The zero-order valence-electron chi connectivity index (χ0n) is 12.1. The van der Waals surface area contributed by atoms with Crippen molar-refractivity contribution in [1.29, 1.82) is 0 Å². The Balaban J connectivity index is 2.89. The molecule has 1 saturated carbocycles. The van der Waals surface area contributed by atoms with Crippen LogP contribution in [-0.2, 0) is 24.4 Å². The molecule has 0 bridgehead atoms. The van der Waals surface area contributed by atoms with Crippen molar-refractivity contribution in [3.63, 3.8) is 0 Å². The maximum atomic E-state index is 12.1. The van der Waals surface area contributed by atoms with E-state index in [2.05, 4.69) is 0 Å². The Hall–Kier alpha value is -0.950. The monoisotopic (exact) mass is 306 g/mol. The molecule has 0 aromatic rings. The Morgan fingerprint density at radius 1 is 1.15 bits per heavy atom. The first-order valence-electron chi connectivity index (χ1n) is 6.74. The molecule has 1 unspecified atom stereocenters. The van der Waals surface area contributed by atoms with Gasteiger partial charge in [-0.15, -0.1) is 0 Å². The molecule has 7 heteroatoms. The molecule has 0 amide bonds. The van der Waals surface area contributed by atoms with E-state index in [1.165, 1.54) is 20.8 Å². The van der Waals surface area contributed by atoms with E-state index >= 15 is 0 Å². The van der Waals surface area contributed by atoms with Gasteiger partial charge in [0, 0.05) is 5.41 Å². The first-order valence-corrected chi connectivity index (χ1v) is 8.25. The van der Waals surface area contributed by atoms with Crippen LogP contribution >= 0.6 is 0 Å². The molecule has 0 aliphatic heterocycles. The van der Waals surface area contributed by atoms with Crippen molar-refractivity contribution in [3.8, 4) is 0 Å². The first-order chi connectivity index (χ1) is 9.03. The first kappa shape index (κ1) is 17.1. The molecular formula is C13H22O6S. The van der Waals surface area contributed by atoms with E-state index in [9.17, 15) is 18.0 Å². The van der Waals surface area contributed by atoms with Crippen molar-refractivity contribution in [3.05, 3.63) is 0 Å². The van der Waals surface area contributed by atoms with E-state index in [-0.39, 0.29) is 6.10 Å². The molecule has 1 aliphatic rings. The zero-order valence-corrected chi connectivity index (χ0v) is 12.9. The molecule has 1 aliphatic carbocycles. The Morgan fingerprint density at radius 2 is 1.65 bits per heavy atom. The summed E-state index contributed by atoms with van der Waals surface area (Å²) in [4.78, 5) is 24.0. The third-order valence-electron chi connectivity index (χ3n) is 3.32. The van der Waals surface area contributed by atoms with E-state index in [4.69, 9.17) is 9.29 Å². The smallest absolute Gasteiger partial charge is 0.334 e. The minimum atomic E-state index is -4.82. The quantitative estimate of drug-likeness (QED) is 0.482. The van der Waals surface area contributed by atoms with Gasteiger partial charge < -0.3 is 4.74 Å². The van der Waals surface area contributed by atoms with Gasteiger partial charge in [0.2, 0.25) is 5.25 Å². The van der Waals surface area contributed by atoms with Crippen molar-refractivity contribution in [2.75, 3.05) is 0 Å². The number of carbonyl (C=O) groups is 2. The van der Waals surface area contributed by atoms with Gasteiger partial charge in [-0.1, -0.05) is 27.2 Å². The molecular weight excluding hydrogens is 284 g/mol. The summed E-state index contributed by atoms with van der Waals surface area (Å²) in [6, 6.07) is 0. The SMILES string of the molecule is CC(C)(C)C(=O)C(C(=O)OC1CCCCC1)S(=O)(=O)O. The van der Waals surface area contributed by atoms with Gasteiger partial charge in [-0.3, -0.25) is 14.1 Å². The predicted octanol–water partition coefficient (Wildman–Crippen LogP) is 1.73.